The molecule has 0 unspecified atom stereocenters. The maximum Gasteiger partial charge on any atom is 0.337 e. The maximum absolute atomic E-state index is 13.5. The molecule has 1 aliphatic rings. The van der Waals surface area contributed by atoms with Crippen molar-refractivity contribution in [3.8, 4) is 5.69 Å². The van der Waals surface area contributed by atoms with Crippen molar-refractivity contribution in [2.75, 3.05) is 6.61 Å². The highest BCUT2D eigenvalue weighted by molar-refractivity contribution is 7.18. The molecule has 4 rings (SSSR count). The van der Waals surface area contributed by atoms with Crippen molar-refractivity contribution in [2.24, 2.45) is 0 Å². The number of fused-ring (bicyclic) bond motifs is 3. The number of hydrogen-bond donors (Lipinski definition) is 0. The van der Waals surface area contributed by atoms with Crippen LogP contribution in [0.3, 0.4) is 0 Å². The van der Waals surface area contributed by atoms with E-state index >= 15 is 0 Å². The zero-order valence-corrected chi connectivity index (χ0v) is 18.4. The van der Waals surface area contributed by atoms with E-state index in [1.165, 1.54) is 15.9 Å². The smallest absolute Gasteiger partial charge is 0.337 e. The van der Waals surface area contributed by atoms with Gasteiger partial charge in [0.15, 0.2) is 0 Å². The van der Waals surface area contributed by atoms with E-state index in [4.69, 9.17) is 21.1 Å². The molecule has 0 fully saturated rings. The van der Waals surface area contributed by atoms with Gasteiger partial charge in [0.1, 0.15) is 11.4 Å². The zero-order chi connectivity index (χ0) is 21.6. The van der Waals surface area contributed by atoms with Crippen LogP contribution in [0.4, 0.5) is 0 Å². The van der Waals surface area contributed by atoms with Crippen LogP contribution in [0.25, 0.3) is 15.9 Å². The van der Waals surface area contributed by atoms with Gasteiger partial charge >= 0.3 is 11.7 Å². The summed E-state index contributed by atoms with van der Waals surface area (Å²) in [6.07, 6.45) is 0.538. The lowest BCUT2D eigenvalue weighted by Crippen LogP contribution is -2.40. The summed E-state index contributed by atoms with van der Waals surface area (Å²) in [5.41, 5.74) is -0.174. The second-order valence-electron chi connectivity index (χ2n) is 7.70. The monoisotopic (exact) mass is 448 g/mol. The summed E-state index contributed by atoms with van der Waals surface area (Å²) < 4.78 is 13.3. The van der Waals surface area contributed by atoms with Gasteiger partial charge in [0, 0.05) is 16.3 Å². The highest BCUT2D eigenvalue weighted by Crippen LogP contribution is 2.37. The average Bonchev–Trinajstić information content (AvgIpc) is 3.04. The third kappa shape index (κ3) is 3.59. The number of esters is 1. The molecule has 0 bridgehead atoms. The molecule has 9 heteroatoms. The Morgan fingerprint density at radius 2 is 1.97 bits per heavy atom. The van der Waals surface area contributed by atoms with Gasteiger partial charge < -0.3 is 9.47 Å². The fourth-order valence-corrected chi connectivity index (χ4v) is 4.99. The number of nitrogens with zero attached hydrogens (tertiary/aromatic N) is 2. The van der Waals surface area contributed by atoms with Crippen molar-refractivity contribution in [3.05, 3.63) is 60.6 Å². The Kier molecular flexibility index (Phi) is 5.34. The van der Waals surface area contributed by atoms with Crippen molar-refractivity contribution in [1.82, 2.24) is 9.13 Å². The van der Waals surface area contributed by atoms with Crippen LogP contribution in [-0.4, -0.2) is 27.3 Å². The lowest BCUT2D eigenvalue weighted by Gasteiger charge is -2.29. The average molecular weight is 449 g/mol. The number of benzene rings is 1. The molecule has 3 heterocycles. The van der Waals surface area contributed by atoms with Gasteiger partial charge in [-0.1, -0.05) is 11.6 Å². The Balaban J connectivity index is 2.04. The second kappa shape index (κ2) is 7.68. The predicted octanol–water partition coefficient (Wildman–Crippen LogP) is 3.28. The number of halogens is 1. The van der Waals surface area contributed by atoms with Crippen LogP contribution in [0.15, 0.2) is 33.9 Å². The molecule has 0 radical (unpaired) electrons. The largest absolute Gasteiger partial charge is 0.465 e. The number of carbonyl (C=O) groups is 1. The molecule has 0 amide bonds. The highest BCUT2D eigenvalue weighted by Gasteiger charge is 2.32. The minimum Gasteiger partial charge on any atom is -0.465 e. The predicted molar refractivity (Wildman–Crippen MR) is 116 cm³/mol. The summed E-state index contributed by atoms with van der Waals surface area (Å²) in [5, 5.41) is 0.941. The third-order valence-electron chi connectivity index (χ3n) is 5.03. The van der Waals surface area contributed by atoms with Crippen LogP contribution in [0.5, 0.6) is 0 Å². The Bertz CT molecular complexity index is 1250. The molecule has 1 aliphatic heterocycles. The van der Waals surface area contributed by atoms with E-state index in [2.05, 4.69) is 0 Å². The minimum atomic E-state index is -0.596. The molecular weight excluding hydrogens is 428 g/mol. The maximum atomic E-state index is 13.5. The Labute approximate surface area is 181 Å². The highest BCUT2D eigenvalue weighted by atomic mass is 35.5. The van der Waals surface area contributed by atoms with Gasteiger partial charge in [0.25, 0.3) is 5.56 Å². The first-order chi connectivity index (χ1) is 14.2. The fourth-order valence-electron chi connectivity index (χ4n) is 3.65. The molecule has 30 heavy (non-hydrogen) atoms. The van der Waals surface area contributed by atoms with Gasteiger partial charge in [-0.2, -0.15) is 0 Å². The van der Waals surface area contributed by atoms with Crippen molar-refractivity contribution in [2.45, 2.75) is 45.9 Å². The number of ether oxygens (including phenoxy) is 2. The van der Waals surface area contributed by atoms with E-state index in [-0.39, 0.29) is 13.2 Å². The van der Waals surface area contributed by atoms with Gasteiger partial charge in [-0.25, -0.2) is 9.36 Å². The quantitative estimate of drug-likeness (QED) is 0.572. The molecule has 1 aromatic carbocycles. The standard InChI is InChI=1S/C21H21ClN2O5S/c1-4-28-16(25)10-23-19-17(14-9-21(2,3)29-11-15(14)30-19)18(26)24(20(23)27)13-7-5-12(22)6-8-13/h5-8H,4,9-11H2,1-3H3. The molecule has 3 aromatic rings. The molecule has 0 aliphatic carbocycles. The van der Waals surface area contributed by atoms with Crippen molar-refractivity contribution >= 4 is 39.1 Å². The normalized spacial score (nSPS) is 15.2. The number of aromatic nitrogens is 2. The van der Waals surface area contributed by atoms with Crippen LogP contribution in [0.2, 0.25) is 5.02 Å². The summed E-state index contributed by atoms with van der Waals surface area (Å²) >= 11 is 7.29. The summed E-state index contributed by atoms with van der Waals surface area (Å²) in [5.74, 6) is -0.537. The second-order valence-corrected chi connectivity index (χ2v) is 9.22. The molecular formula is C21H21ClN2O5S. The molecule has 0 N–H and O–H groups in total. The summed E-state index contributed by atoms with van der Waals surface area (Å²) in [4.78, 5) is 40.4. The summed E-state index contributed by atoms with van der Waals surface area (Å²) in [6, 6.07) is 6.44. The lowest BCUT2D eigenvalue weighted by molar-refractivity contribution is -0.143. The van der Waals surface area contributed by atoms with Crippen molar-refractivity contribution < 1.29 is 14.3 Å². The van der Waals surface area contributed by atoms with Crippen LogP contribution >= 0.6 is 22.9 Å². The number of thiophene rings is 1. The Morgan fingerprint density at radius 1 is 1.27 bits per heavy atom. The van der Waals surface area contributed by atoms with Gasteiger partial charge in [-0.05, 0) is 50.6 Å². The van der Waals surface area contributed by atoms with E-state index in [9.17, 15) is 14.4 Å². The van der Waals surface area contributed by atoms with Crippen LogP contribution in [0, 0.1) is 0 Å². The van der Waals surface area contributed by atoms with Gasteiger partial charge in [0.2, 0.25) is 0 Å². The van der Waals surface area contributed by atoms with Crippen LogP contribution in [0.1, 0.15) is 31.2 Å². The number of rotatable bonds is 4. The van der Waals surface area contributed by atoms with Gasteiger partial charge in [0.05, 0.1) is 29.9 Å². The topological polar surface area (TPSA) is 79.5 Å². The zero-order valence-electron chi connectivity index (χ0n) is 16.9. The van der Waals surface area contributed by atoms with Gasteiger partial charge in [-0.15, -0.1) is 11.3 Å². The summed E-state index contributed by atoms with van der Waals surface area (Å²) in [6.45, 7) is 5.92. The minimum absolute atomic E-state index is 0.205. The third-order valence-corrected chi connectivity index (χ3v) is 6.51. The molecule has 0 spiro atoms. The lowest BCUT2D eigenvalue weighted by atomic mass is 9.94. The summed E-state index contributed by atoms with van der Waals surface area (Å²) in [7, 11) is 0. The number of hydrogen-bond acceptors (Lipinski definition) is 6. The SMILES string of the molecule is CCOC(=O)Cn1c(=O)n(-c2ccc(Cl)cc2)c(=O)c2c3c(sc21)COC(C)(C)C3. The van der Waals surface area contributed by atoms with Crippen LogP contribution < -0.4 is 11.2 Å². The first-order valence-corrected chi connectivity index (χ1v) is 10.8. The van der Waals surface area contributed by atoms with Crippen LogP contribution in [-0.2, 0) is 33.8 Å². The van der Waals surface area contributed by atoms with Gasteiger partial charge in [-0.3, -0.25) is 14.2 Å². The first-order valence-electron chi connectivity index (χ1n) is 9.57. The number of carbonyl (C=O) groups excluding carboxylic acids is 1. The molecule has 0 saturated carbocycles. The molecule has 0 saturated heterocycles. The Morgan fingerprint density at radius 3 is 2.63 bits per heavy atom. The van der Waals surface area contributed by atoms with E-state index in [0.717, 1.165) is 15.0 Å². The van der Waals surface area contributed by atoms with Crippen molar-refractivity contribution in [3.63, 3.8) is 0 Å². The van der Waals surface area contributed by atoms with E-state index in [1.54, 1.807) is 31.2 Å². The molecule has 0 atom stereocenters. The molecule has 158 valence electrons. The van der Waals surface area contributed by atoms with E-state index < -0.39 is 22.8 Å². The first kappa shape index (κ1) is 20.8. The van der Waals surface area contributed by atoms with Crippen molar-refractivity contribution in [1.29, 1.82) is 0 Å². The van der Waals surface area contributed by atoms with E-state index in [1.807, 2.05) is 13.8 Å². The fraction of sp³-hybridized carbons (Fsp3) is 0.381. The Hall–Kier alpha value is -2.42. The molecule has 2 aromatic heterocycles. The van der Waals surface area contributed by atoms with E-state index in [0.29, 0.717) is 34.0 Å². The molecule has 7 nitrogen and oxygen atoms in total.